The number of amides is 1. The van der Waals surface area contributed by atoms with Crippen molar-refractivity contribution in [3.05, 3.63) is 70.4 Å². The lowest BCUT2D eigenvalue weighted by atomic mass is 10.1. The van der Waals surface area contributed by atoms with E-state index in [1.807, 2.05) is 16.3 Å². The Hall–Kier alpha value is -2.40. The van der Waals surface area contributed by atoms with Gasteiger partial charge in [-0.05, 0) is 48.6 Å². The zero-order valence-electron chi connectivity index (χ0n) is 12.9. The predicted octanol–water partition coefficient (Wildman–Crippen LogP) is 5.12. The van der Waals surface area contributed by atoms with Gasteiger partial charge in [-0.1, -0.05) is 18.2 Å². The second kappa shape index (κ2) is 6.24. The topological polar surface area (TPSA) is 33.5 Å². The van der Waals surface area contributed by atoms with E-state index in [9.17, 15) is 9.18 Å². The van der Waals surface area contributed by atoms with Gasteiger partial charge < -0.3 is 9.32 Å². The molecular formula is C19H16FNO2S. The van der Waals surface area contributed by atoms with E-state index in [0.717, 1.165) is 19.4 Å². The van der Waals surface area contributed by atoms with E-state index in [1.54, 1.807) is 41.7 Å². The van der Waals surface area contributed by atoms with E-state index in [-0.39, 0.29) is 23.5 Å². The van der Waals surface area contributed by atoms with Crippen LogP contribution in [0.5, 0.6) is 0 Å². The SMILES string of the molecule is O=C(c1ccc(-c2ccccc2F)o1)N1CCC[C@@H]1c1cccs1. The third kappa shape index (κ3) is 2.65. The smallest absolute Gasteiger partial charge is 0.290 e. The number of carbonyl (C=O) groups is 1. The molecule has 1 atom stereocenters. The average molecular weight is 341 g/mol. The Bertz CT molecular complexity index is 856. The summed E-state index contributed by atoms with van der Waals surface area (Å²) < 4.78 is 19.5. The maximum atomic E-state index is 13.9. The van der Waals surface area contributed by atoms with E-state index in [1.165, 1.54) is 10.9 Å². The van der Waals surface area contributed by atoms with Gasteiger partial charge in [-0.15, -0.1) is 11.3 Å². The van der Waals surface area contributed by atoms with Gasteiger partial charge >= 0.3 is 0 Å². The van der Waals surface area contributed by atoms with E-state index >= 15 is 0 Å². The molecule has 5 heteroatoms. The monoisotopic (exact) mass is 341 g/mol. The Morgan fingerprint density at radius 2 is 2.04 bits per heavy atom. The molecule has 24 heavy (non-hydrogen) atoms. The minimum Gasteiger partial charge on any atom is -0.451 e. The van der Waals surface area contributed by atoms with E-state index in [4.69, 9.17) is 4.42 Å². The highest BCUT2D eigenvalue weighted by Crippen LogP contribution is 2.36. The lowest BCUT2D eigenvalue weighted by molar-refractivity contribution is 0.0706. The number of rotatable bonds is 3. The highest BCUT2D eigenvalue weighted by molar-refractivity contribution is 7.10. The van der Waals surface area contributed by atoms with Crippen molar-refractivity contribution in [3.63, 3.8) is 0 Å². The molecular weight excluding hydrogens is 325 g/mol. The molecule has 1 saturated heterocycles. The van der Waals surface area contributed by atoms with Crippen LogP contribution >= 0.6 is 11.3 Å². The molecule has 0 N–H and O–H groups in total. The Kier molecular flexibility index (Phi) is 3.94. The van der Waals surface area contributed by atoms with Crippen LogP contribution in [0.2, 0.25) is 0 Å². The quantitative estimate of drug-likeness (QED) is 0.662. The fraction of sp³-hybridized carbons (Fsp3) is 0.211. The second-order valence-electron chi connectivity index (χ2n) is 5.82. The Morgan fingerprint density at radius 3 is 2.83 bits per heavy atom. The van der Waals surface area contributed by atoms with E-state index < -0.39 is 0 Å². The Labute approximate surface area is 143 Å². The van der Waals surface area contributed by atoms with Crippen LogP contribution < -0.4 is 0 Å². The molecule has 0 aliphatic carbocycles. The molecule has 1 aromatic carbocycles. The highest BCUT2D eigenvalue weighted by Gasteiger charge is 2.32. The molecule has 3 aromatic rings. The Morgan fingerprint density at radius 1 is 1.17 bits per heavy atom. The van der Waals surface area contributed by atoms with Crippen molar-refractivity contribution in [2.24, 2.45) is 0 Å². The number of carbonyl (C=O) groups excluding carboxylic acids is 1. The average Bonchev–Trinajstić information content (AvgIpc) is 3.34. The first-order valence-corrected chi connectivity index (χ1v) is 8.81. The van der Waals surface area contributed by atoms with Crippen LogP contribution in [0.25, 0.3) is 11.3 Å². The third-order valence-electron chi connectivity index (χ3n) is 4.34. The number of halogens is 1. The van der Waals surface area contributed by atoms with Crippen LogP contribution in [0.1, 0.15) is 34.3 Å². The van der Waals surface area contributed by atoms with Gasteiger partial charge in [-0.2, -0.15) is 0 Å². The Balaban J connectivity index is 1.60. The van der Waals surface area contributed by atoms with Crippen LogP contribution in [-0.2, 0) is 0 Å². The molecule has 0 saturated carbocycles. The van der Waals surface area contributed by atoms with Gasteiger partial charge in [-0.3, -0.25) is 4.79 Å². The van der Waals surface area contributed by atoms with Crippen LogP contribution in [0, 0.1) is 5.82 Å². The van der Waals surface area contributed by atoms with E-state index in [0.29, 0.717) is 11.3 Å². The number of nitrogens with zero attached hydrogens (tertiary/aromatic N) is 1. The molecule has 0 unspecified atom stereocenters. The van der Waals surface area contributed by atoms with Gasteiger partial charge in [0, 0.05) is 11.4 Å². The molecule has 0 radical (unpaired) electrons. The second-order valence-corrected chi connectivity index (χ2v) is 6.80. The van der Waals surface area contributed by atoms with Crippen molar-refractivity contribution in [1.29, 1.82) is 0 Å². The third-order valence-corrected chi connectivity index (χ3v) is 5.31. The zero-order chi connectivity index (χ0) is 16.5. The van der Waals surface area contributed by atoms with Crippen molar-refractivity contribution < 1.29 is 13.6 Å². The summed E-state index contributed by atoms with van der Waals surface area (Å²) in [5.41, 5.74) is 0.368. The van der Waals surface area contributed by atoms with Crippen molar-refractivity contribution in [3.8, 4) is 11.3 Å². The van der Waals surface area contributed by atoms with Crippen molar-refractivity contribution in [2.45, 2.75) is 18.9 Å². The summed E-state index contributed by atoms with van der Waals surface area (Å²) in [5, 5.41) is 2.03. The number of furan rings is 1. The molecule has 1 amide bonds. The fourth-order valence-corrected chi connectivity index (χ4v) is 4.06. The maximum Gasteiger partial charge on any atom is 0.290 e. The predicted molar refractivity (Wildman–Crippen MR) is 91.4 cm³/mol. The van der Waals surface area contributed by atoms with Crippen molar-refractivity contribution >= 4 is 17.2 Å². The summed E-state index contributed by atoms with van der Waals surface area (Å²) >= 11 is 1.67. The molecule has 0 spiro atoms. The summed E-state index contributed by atoms with van der Waals surface area (Å²) in [6, 6.07) is 13.9. The number of hydrogen-bond acceptors (Lipinski definition) is 3. The highest BCUT2D eigenvalue weighted by atomic mass is 32.1. The molecule has 3 nitrogen and oxygen atoms in total. The van der Waals surface area contributed by atoms with Crippen LogP contribution in [0.3, 0.4) is 0 Å². The number of thiophene rings is 1. The lowest BCUT2D eigenvalue weighted by Gasteiger charge is -2.22. The molecule has 2 aromatic heterocycles. The standard InChI is InChI=1S/C19H16FNO2S/c20-14-6-2-1-5-13(14)16-9-10-17(23-16)19(22)21-11-3-7-15(21)18-8-4-12-24-18/h1-2,4-6,8-10,12,15H,3,7,11H2/t15-/m1/s1. The first-order valence-electron chi connectivity index (χ1n) is 7.93. The van der Waals surface area contributed by atoms with Gasteiger partial charge in [0.25, 0.3) is 5.91 Å². The first kappa shape index (κ1) is 15.1. The molecule has 122 valence electrons. The largest absolute Gasteiger partial charge is 0.451 e. The van der Waals surface area contributed by atoms with Crippen LogP contribution in [0.4, 0.5) is 4.39 Å². The van der Waals surface area contributed by atoms with Crippen LogP contribution in [-0.4, -0.2) is 17.4 Å². The van der Waals surface area contributed by atoms with Gasteiger partial charge in [0.15, 0.2) is 5.76 Å². The summed E-state index contributed by atoms with van der Waals surface area (Å²) in [4.78, 5) is 15.9. The number of likely N-dealkylation sites (tertiary alicyclic amines) is 1. The zero-order valence-corrected chi connectivity index (χ0v) is 13.8. The molecule has 3 heterocycles. The van der Waals surface area contributed by atoms with Gasteiger partial charge in [0.1, 0.15) is 11.6 Å². The summed E-state index contributed by atoms with van der Waals surface area (Å²) in [6.07, 6.45) is 1.95. The normalized spacial score (nSPS) is 17.4. The van der Waals surface area contributed by atoms with Crippen molar-refractivity contribution in [1.82, 2.24) is 4.90 Å². The summed E-state index contributed by atoms with van der Waals surface area (Å²) in [5.74, 6) is 0.150. The molecule has 1 aliphatic heterocycles. The van der Waals surface area contributed by atoms with Gasteiger partial charge in [-0.25, -0.2) is 4.39 Å². The lowest BCUT2D eigenvalue weighted by Crippen LogP contribution is -2.29. The summed E-state index contributed by atoms with van der Waals surface area (Å²) in [6.45, 7) is 0.719. The minimum atomic E-state index is -0.358. The number of hydrogen-bond donors (Lipinski definition) is 0. The first-order chi connectivity index (χ1) is 11.7. The number of benzene rings is 1. The van der Waals surface area contributed by atoms with E-state index in [2.05, 4.69) is 6.07 Å². The maximum absolute atomic E-state index is 13.9. The van der Waals surface area contributed by atoms with Crippen LogP contribution in [0.15, 0.2) is 58.3 Å². The molecule has 0 bridgehead atoms. The molecule has 4 rings (SSSR count). The van der Waals surface area contributed by atoms with Gasteiger partial charge in [0.2, 0.25) is 0 Å². The summed E-state index contributed by atoms with van der Waals surface area (Å²) in [7, 11) is 0. The minimum absolute atomic E-state index is 0.111. The van der Waals surface area contributed by atoms with Gasteiger partial charge in [0.05, 0.1) is 11.6 Å². The molecule has 1 aliphatic rings. The molecule has 1 fully saturated rings. The fourth-order valence-electron chi connectivity index (χ4n) is 3.19. The van der Waals surface area contributed by atoms with Crippen molar-refractivity contribution in [2.75, 3.05) is 6.54 Å².